The van der Waals surface area contributed by atoms with Crippen LogP contribution in [-0.2, 0) is 4.79 Å². The Labute approximate surface area is 137 Å². The lowest BCUT2D eigenvalue weighted by atomic mass is 9.79. The summed E-state index contributed by atoms with van der Waals surface area (Å²) in [6.07, 6.45) is 4.43. The molecule has 1 aliphatic rings. The molecule has 0 aliphatic heterocycles. The number of benzene rings is 1. The van der Waals surface area contributed by atoms with Crippen molar-refractivity contribution in [2.75, 3.05) is 5.32 Å². The summed E-state index contributed by atoms with van der Waals surface area (Å²) in [6.45, 7) is 0. The van der Waals surface area contributed by atoms with Crippen LogP contribution in [0.3, 0.4) is 0 Å². The standard InChI is InChI=1S/C15H19IN2O3/c16-11-4-6-12(7-5-11)17-14(21)18-15(10-13(19)20)8-2-1-3-9-15/h4-7H,1-3,8-10H2,(H,19,20)(H2,17,18,21). The van der Waals surface area contributed by atoms with Gasteiger partial charge in [-0.1, -0.05) is 19.3 Å². The average molecular weight is 402 g/mol. The lowest BCUT2D eigenvalue weighted by Crippen LogP contribution is -2.52. The third-order valence-electron chi connectivity index (χ3n) is 3.78. The van der Waals surface area contributed by atoms with Crippen LogP contribution in [0.1, 0.15) is 38.5 Å². The van der Waals surface area contributed by atoms with E-state index in [1.165, 1.54) is 0 Å². The number of hydrogen-bond acceptors (Lipinski definition) is 2. The van der Waals surface area contributed by atoms with E-state index in [2.05, 4.69) is 33.2 Å². The zero-order valence-corrected chi connectivity index (χ0v) is 13.9. The molecule has 0 atom stereocenters. The molecular weight excluding hydrogens is 383 g/mol. The molecule has 2 amide bonds. The highest BCUT2D eigenvalue weighted by atomic mass is 127. The Kier molecular flexibility index (Phi) is 5.44. The molecular formula is C15H19IN2O3. The minimum Gasteiger partial charge on any atom is -0.481 e. The van der Waals surface area contributed by atoms with E-state index in [1.54, 1.807) is 0 Å². The topological polar surface area (TPSA) is 78.4 Å². The van der Waals surface area contributed by atoms with Crippen LogP contribution >= 0.6 is 22.6 Å². The van der Waals surface area contributed by atoms with E-state index in [-0.39, 0.29) is 12.5 Å². The Morgan fingerprint density at radius 2 is 1.76 bits per heavy atom. The molecule has 1 aromatic rings. The number of carbonyl (C=O) groups is 2. The molecule has 114 valence electrons. The third-order valence-corrected chi connectivity index (χ3v) is 4.50. The van der Waals surface area contributed by atoms with Crippen molar-refractivity contribution >= 4 is 40.3 Å². The molecule has 3 N–H and O–H groups in total. The number of nitrogens with one attached hydrogen (secondary N) is 2. The molecule has 21 heavy (non-hydrogen) atoms. The Morgan fingerprint density at radius 3 is 2.33 bits per heavy atom. The van der Waals surface area contributed by atoms with Gasteiger partial charge in [-0.2, -0.15) is 0 Å². The highest BCUT2D eigenvalue weighted by molar-refractivity contribution is 14.1. The molecule has 0 aromatic heterocycles. The fourth-order valence-corrected chi connectivity index (χ4v) is 3.16. The first-order valence-electron chi connectivity index (χ1n) is 7.06. The Balaban J connectivity index is 2.00. The maximum Gasteiger partial charge on any atom is 0.319 e. The van der Waals surface area contributed by atoms with Crippen molar-refractivity contribution in [1.29, 1.82) is 0 Å². The highest BCUT2D eigenvalue weighted by Crippen LogP contribution is 2.31. The van der Waals surface area contributed by atoms with Crippen LogP contribution in [0.4, 0.5) is 10.5 Å². The normalized spacial score (nSPS) is 17.0. The molecule has 0 heterocycles. The van der Waals surface area contributed by atoms with Gasteiger partial charge < -0.3 is 15.7 Å². The zero-order chi connectivity index (χ0) is 15.3. The molecule has 2 rings (SSSR count). The summed E-state index contributed by atoms with van der Waals surface area (Å²) < 4.78 is 1.09. The van der Waals surface area contributed by atoms with Gasteiger partial charge >= 0.3 is 12.0 Å². The fourth-order valence-electron chi connectivity index (χ4n) is 2.80. The number of amides is 2. The van der Waals surface area contributed by atoms with Gasteiger partial charge in [0.2, 0.25) is 0 Å². The van der Waals surface area contributed by atoms with Gasteiger partial charge in [0.25, 0.3) is 0 Å². The monoisotopic (exact) mass is 402 g/mol. The summed E-state index contributed by atoms with van der Waals surface area (Å²) in [5.74, 6) is -0.869. The molecule has 1 aromatic carbocycles. The van der Waals surface area contributed by atoms with Crippen LogP contribution in [0.25, 0.3) is 0 Å². The quantitative estimate of drug-likeness (QED) is 0.674. The number of rotatable bonds is 4. The predicted octanol–water partition coefficient (Wildman–Crippen LogP) is 3.59. The van der Waals surface area contributed by atoms with Crippen LogP contribution in [0, 0.1) is 3.57 Å². The first-order valence-corrected chi connectivity index (χ1v) is 8.14. The van der Waals surface area contributed by atoms with Crippen molar-refractivity contribution in [2.45, 2.75) is 44.1 Å². The van der Waals surface area contributed by atoms with Crippen LogP contribution < -0.4 is 10.6 Å². The molecule has 5 nitrogen and oxygen atoms in total. The van der Waals surface area contributed by atoms with Crippen molar-refractivity contribution in [3.05, 3.63) is 27.8 Å². The maximum atomic E-state index is 12.1. The lowest BCUT2D eigenvalue weighted by Gasteiger charge is -2.36. The van der Waals surface area contributed by atoms with Crippen molar-refractivity contribution in [1.82, 2.24) is 5.32 Å². The summed E-state index contributed by atoms with van der Waals surface area (Å²) in [6, 6.07) is 7.13. The second-order valence-electron chi connectivity index (χ2n) is 5.50. The molecule has 0 saturated heterocycles. The van der Waals surface area contributed by atoms with E-state index in [0.29, 0.717) is 5.69 Å². The number of urea groups is 1. The van der Waals surface area contributed by atoms with Gasteiger partial charge in [-0.15, -0.1) is 0 Å². The Hall–Kier alpha value is -1.31. The summed E-state index contributed by atoms with van der Waals surface area (Å²) in [5, 5.41) is 14.8. The van der Waals surface area contributed by atoms with Gasteiger partial charge in [-0.25, -0.2) is 4.79 Å². The highest BCUT2D eigenvalue weighted by Gasteiger charge is 2.35. The number of aliphatic carboxylic acids is 1. The first-order chi connectivity index (χ1) is 9.99. The summed E-state index contributed by atoms with van der Waals surface area (Å²) in [5.41, 5.74) is 0.0892. The largest absolute Gasteiger partial charge is 0.481 e. The van der Waals surface area contributed by atoms with Crippen molar-refractivity contribution in [3.63, 3.8) is 0 Å². The molecule has 1 fully saturated rings. The minimum absolute atomic E-state index is 0.0207. The molecule has 6 heteroatoms. The molecule has 1 saturated carbocycles. The van der Waals surface area contributed by atoms with E-state index >= 15 is 0 Å². The van der Waals surface area contributed by atoms with Crippen LogP contribution in [0.5, 0.6) is 0 Å². The summed E-state index contributed by atoms with van der Waals surface area (Å²) in [7, 11) is 0. The number of anilines is 1. The van der Waals surface area contributed by atoms with E-state index in [9.17, 15) is 9.59 Å². The molecule has 0 spiro atoms. The number of carboxylic acids is 1. The Bertz CT molecular complexity index is 510. The fraction of sp³-hybridized carbons (Fsp3) is 0.467. The molecule has 0 unspecified atom stereocenters. The first kappa shape index (κ1) is 16.1. The van der Waals surface area contributed by atoms with Gasteiger partial charge in [0.15, 0.2) is 0 Å². The van der Waals surface area contributed by atoms with Crippen molar-refractivity contribution in [2.24, 2.45) is 0 Å². The summed E-state index contributed by atoms with van der Waals surface area (Å²) >= 11 is 2.20. The SMILES string of the molecule is O=C(O)CC1(NC(=O)Nc2ccc(I)cc2)CCCCC1. The lowest BCUT2D eigenvalue weighted by molar-refractivity contribution is -0.138. The smallest absolute Gasteiger partial charge is 0.319 e. The van der Waals surface area contributed by atoms with Gasteiger partial charge in [-0.05, 0) is 59.7 Å². The van der Waals surface area contributed by atoms with E-state index < -0.39 is 11.5 Å². The predicted molar refractivity (Wildman–Crippen MR) is 89.4 cm³/mol. The van der Waals surface area contributed by atoms with Gasteiger partial charge in [-0.3, -0.25) is 4.79 Å². The minimum atomic E-state index is -0.869. The molecule has 1 aliphatic carbocycles. The van der Waals surface area contributed by atoms with Crippen molar-refractivity contribution in [3.8, 4) is 0 Å². The Morgan fingerprint density at radius 1 is 1.14 bits per heavy atom. The average Bonchev–Trinajstić information content (AvgIpc) is 2.41. The molecule has 0 bridgehead atoms. The second-order valence-corrected chi connectivity index (χ2v) is 6.74. The van der Waals surface area contributed by atoms with Crippen LogP contribution in [0.2, 0.25) is 0 Å². The molecule has 0 radical (unpaired) electrons. The number of halogens is 1. The van der Waals surface area contributed by atoms with Gasteiger partial charge in [0, 0.05) is 9.26 Å². The van der Waals surface area contributed by atoms with Crippen LogP contribution in [0.15, 0.2) is 24.3 Å². The number of carbonyl (C=O) groups excluding carboxylic acids is 1. The van der Waals surface area contributed by atoms with Crippen molar-refractivity contribution < 1.29 is 14.7 Å². The van der Waals surface area contributed by atoms with E-state index in [0.717, 1.165) is 35.7 Å². The maximum absolute atomic E-state index is 12.1. The van der Waals surface area contributed by atoms with Gasteiger partial charge in [0.05, 0.1) is 12.0 Å². The van der Waals surface area contributed by atoms with Gasteiger partial charge in [0.1, 0.15) is 0 Å². The van der Waals surface area contributed by atoms with Crippen LogP contribution in [-0.4, -0.2) is 22.6 Å². The number of hydrogen-bond donors (Lipinski definition) is 3. The van der Waals surface area contributed by atoms with E-state index in [4.69, 9.17) is 5.11 Å². The number of carboxylic acid groups (broad SMARTS) is 1. The summed E-state index contributed by atoms with van der Waals surface area (Å²) in [4.78, 5) is 23.2. The third kappa shape index (κ3) is 4.87. The van der Waals surface area contributed by atoms with E-state index in [1.807, 2.05) is 24.3 Å². The second kappa shape index (κ2) is 7.11. The zero-order valence-electron chi connectivity index (χ0n) is 11.7.